The second kappa shape index (κ2) is 6.19. The molecular formula is C17H16F3N5. The number of hydrogen-bond acceptors (Lipinski definition) is 4. The number of alkyl halides is 3. The Kier molecular flexibility index (Phi) is 4.20. The molecule has 0 bridgehead atoms. The fraction of sp³-hybridized carbons (Fsp3) is 0.235. The summed E-state index contributed by atoms with van der Waals surface area (Å²) in [6.45, 7) is 3.61. The minimum absolute atomic E-state index is 0.336. The van der Waals surface area contributed by atoms with Crippen molar-refractivity contribution in [1.82, 2.24) is 20.2 Å². The molecule has 0 aliphatic heterocycles. The Morgan fingerprint density at radius 1 is 0.960 bits per heavy atom. The molecule has 0 atom stereocenters. The molecule has 3 rings (SSSR count). The molecule has 130 valence electrons. The second-order valence-corrected chi connectivity index (χ2v) is 6.08. The van der Waals surface area contributed by atoms with Gasteiger partial charge in [0.2, 0.25) is 0 Å². The molecule has 0 aliphatic rings. The van der Waals surface area contributed by atoms with Crippen LogP contribution in [0, 0.1) is 0 Å². The van der Waals surface area contributed by atoms with Crippen molar-refractivity contribution in [1.29, 1.82) is 0 Å². The molecule has 0 radical (unpaired) electrons. The molecule has 1 N–H and O–H groups in total. The van der Waals surface area contributed by atoms with Crippen LogP contribution in [0.1, 0.15) is 25.2 Å². The molecule has 0 amide bonds. The Morgan fingerprint density at radius 2 is 1.68 bits per heavy atom. The largest absolute Gasteiger partial charge is 0.416 e. The second-order valence-electron chi connectivity index (χ2n) is 6.08. The van der Waals surface area contributed by atoms with Gasteiger partial charge >= 0.3 is 6.18 Å². The van der Waals surface area contributed by atoms with Gasteiger partial charge in [0.05, 0.1) is 16.8 Å². The highest BCUT2D eigenvalue weighted by molar-refractivity contribution is 5.49. The Balaban J connectivity index is 1.93. The van der Waals surface area contributed by atoms with Crippen molar-refractivity contribution in [3.05, 3.63) is 66.0 Å². The minimum Gasteiger partial charge on any atom is -0.373 e. The topological polar surface area (TPSA) is 55.6 Å². The normalized spacial score (nSPS) is 12.2. The highest BCUT2D eigenvalue weighted by atomic mass is 19.4. The third kappa shape index (κ3) is 3.62. The van der Waals surface area contributed by atoms with Gasteiger partial charge in [0.15, 0.2) is 5.82 Å². The number of hydrogen-bond donors (Lipinski definition) is 1. The molecule has 8 heteroatoms. The van der Waals surface area contributed by atoms with Gasteiger partial charge in [0, 0.05) is 5.69 Å². The summed E-state index contributed by atoms with van der Waals surface area (Å²) in [7, 11) is 0. The summed E-state index contributed by atoms with van der Waals surface area (Å²) in [4.78, 5) is 0. The molecule has 0 fully saturated rings. The maximum absolute atomic E-state index is 12.9. The summed E-state index contributed by atoms with van der Waals surface area (Å²) in [6.07, 6.45) is -4.40. The molecule has 25 heavy (non-hydrogen) atoms. The van der Waals surface area contributed by atoms with Crippen LogP contribution in [0.25, 0.3) is 5.69 Å². The number of benzene rings is 2. The lowest BCUT2D eigenvalue weighted by atomic mass is 10.0. The van der Waals surface area contributed by atoms with E-state index in [2.05, 4.69) is 20.8 Å². The predicted octanol–water partition coefficient (Wildman–Crippen LogP) is 4.03. The molecule has 0 spiro atoms. The molecule has 5 nitrogen and oxygen atoms in total. The molecule has 3 aromatic rings. The minimum atomic E-state index is -4.40. The lowest BCUT2D eigenvalue weighted by Crippen LogP contribution is -2.32. The Bertz CT molecular complexity index is 856. The molecular weight excluding hydrogens is 331 g/mol. The van der Waals surface area contributed by atoms with Crippen LogP contribution in [-0.2, 0) is 11.7 Å². The summed E-state index contributed by atoms with van der Waals surface area (Å²) < 4.78 is 40.2. The number of anilines is 1. The fourth-order valence-corrected chi connectivity index (χ4v) is 2.51. The standard InChI is InChI=1S/C17H16F3N5/c1-16(2,21-13-8-6-7-12(11-13)17(18,19)20)15-22-23-24-25(15)14-9-4-3-5-10-14/h3-11,21H,1-2H3. The third-order valence-corrected chi connectivity index (χ3v) is 3.68. The van der Waals surface area contributed by atoms with E-state index < -0.39 is 17.3 Å². The average Bonchev–Trinajstić information content (AvgIpc) is 3.05. The number of rotatable bonds is 4. The summed E-state index contributed by atoms with van der Waals surface area (Å²) >= 11 is 0. The number of halogens is 3. The molecule has 0 unspecified atom stereocenters. The van der Waals surface area contributed by atoms with Crippen LogP contribution >= 0.6 is 0 Å². The average molecular weight is 347 g/mol. The van der Waals surface area contributed by atoms with Crippen LogP contribution in [0.2, 0.25) is 0 Å². The van der Waals surface area contributed by atoms with Crippen molar-refractivity contribution in [2.45, 2.75) is 25.6 Å². The highest BCUT2D eigenvalue weighted by Crippen LogP contribution is 2.32. The van der Waals surface area contributed by atoms with Crippen molar-refractivity contribution < 1.29 is 13.2 Å². The number of tetrazole rings is 1. The lowest BCUT2D eigenvalue weighted by Gasteiger charge is -2.26. The number of para-hydroxylation sites is 1. The summed E-state index contributed by atoms with van der Waals surface area (Å²) in [5.74, 6) is 0.483. The van der Waals surface area contributed by atoms with Crippen LogP contribution in [0.15, 0.2) is 54.6 Å². The monoisotopic (exact) mass is 347 g/mol. The SMILES string of the molecule is CC(C)(Nc1cccc(C(F)(F)F)c1)c1nnnn1-c1ccccc1. The van der Waals surface area contributed by atoms with Gasteiger partial charge in [-0.05, 0) is 54.6 Å². The smallest absolute Gasteiger partial charge is 0.373 e. The van der Waals surface area contributed by atoms with Crippen molar-refractivity contribution in [3.8, 4) is 5.69 Å². The van der Waals surface area contributed by atoms with Gasteiger partial charge in [-0.3, -0.25) is 0 Å². The van der Waals surface area contributed by atoms with E-state index in [4.69, 9.17) is 0 Å². The highest BCUT2D eigenvalue weighted by Gasteiger charge is 2.32. The van der Waals surface area contributed by atoms with E-state index in [1.165, 1.54) is 6.07 Å². The Hall–Kier alpha value is -2.90. The van der Waals surface area contributed by atoms with Crippen LogP contribution < -0.4 is 5.32 Å². The first-order valence-corrected chi connectivity index (χ1v) is 7.57. The third-order valence-electron chi connectivity index (χ3n) is 3.68. The first-order valence-electron chi connectivity index (χ1n) is 7.57. The van der Waals surface area contributed by atoms with E-state index in [0.717, 1.165) is 17.8 Å². The van der Waals surface area contributed by atoms with E-state index in [9.17, 15) is 13.2 Å². The van der Waals surface area contributed by atoms with Crippen LogP contribution in [0.3, 0.4) is 0 Å². The first kappa shape index (κ1) is 16.9. The lowest BCUT2D eigenvalue weighted by molar-refractivity contribution is -0.137. The Labute approximate surface area is 142 Å². The van der Waals surface area contributed by atoms with Crippen LogP contribution in [-0.4, -0.2) is 20.2 Å². The van der Waals surface area contributed by atoms with Crippen LogP contribution in [0.5, 0.6) is 0 Å². The maximum Gasteiger partial charge on any atom is 0.416 e. The Morgan fingerprint density at radius 3 is 2.36 bits per heavy atom. The molecule has 0 saturated carbocycles. The molecule has 1 aromatic heterocycles. The van der Waals surface area contributed by atoms with Gasteiger partial charge in [-0.15, -0.1) is 5.10 Å². The fourth-order valence-electron chi connectivity index (χ4n) is 2.51. The summed E-state index contributed by atoms with van der Waals surface area (Å²) in [5, 5.41) is 14.8. The summed E-state index contributed by atoms with van der Waals surface area (Å²) in [5.41, 5.74) is -0.413. The first-order chi connectivity index (χ1) is 11.8. The van der Waals surface area contributed by atoms with Gasteiger partial charge in [0.1, 0.15) is 0 Å². The van der Waals surface area contributed by atoms with E-state index >= 15 is 0 Å². The zero-order valence-electron chi connectivity index (χ0n) is 13.6. The zero-order chi connectivity index (χ0) is 18.1. The summed E-state index contributed by atoms with van der Waals surface area (Å²) in [6, 6.07) is 14.3. The van der Waals surface area contributed by atoms with Crippen molar-refractivity contribution >= 4 is 5.69 Å². The number of aromatic nitrogens is 4. The number of nitrogens with one attached hydrogen (secondary N) is 1. The molecule has 0 saturated heterocycles. The molecule has 2 aromatic carbocycles. The van der Waals surface area contributed by atoms with Crippen molar-refractivity contribution in [2.75, 3.05) is 5.32 Å². The van der Waals surface area contributed by atoms with Gasteiger partial charge in [-0.25, -0.2) is 0 Å². The van der Waals surface area contributed by atoms with E-state index in [-0.39, 0.29) is 0 Å². The molecule has 0 aliphatic carbocycles. The van der Waals surface area contributed by atoms with E-state index in [0.29, 0.717) is 11.5 Å². The predicted molar refractivity (Wildman–Crippen MR) is 87.2 cm³/mol. The van der Waals surface area contributed by atoms with Gasteiger partial charge in [-0.2, -0.15) is 17.9 Å². The van der Waals surface area contributed by atoms with Gasteiger partial charge < -0.3 is 5.32 Å². The van der Waals surface area contributed by atoms with E-state index in [1.54, 1.807) is 24.6 Å². The van der Waals surface area contributed by atoms with Crippen molar-refractivity contribution in [2.24, 2.45) is 0 Å². The maximum atomic E-state index is 12.9. The zero-order valence-corrected chi connectivity index (χ0v) is 13.6. The van der Waals surface area contributed by atoms with E-state index in [1.807, 2.05) is 30.3 Å². The number of nitrogens with zero attached hydrogens (tertiary/aromatic N) is 4. The van der Waals surface area contributed by atoms with Crippen LogP contribution in [0.4, 0.5) is 18.9 Å². The van der Waals surface area contributed by atoms with Gasteiger partial charge in [0.25, 0.3) is 0 Å². The van der Waals surface area contributed by atoms with Crippen molar-refractivity contribution in [3.63, 3.8) is 0 Å². The molecule has 1 heterocycles. The van der Waals surface area contributed by atoms with Gasteiger partial charge in [-0.1, -0.05) is 24.3 Å². The quantitative estimate of drug-likeness (QED) is 0.774.